The van der Waals surface area contributed by atoms with E-state index in [9.17, 15) is 27.2 Å². The predicted octanol–water partition coefficient (Wildman–Crippen LogP) is 13.0. The first kappa shape index (κ1) is 45.2. The Kier molecular flexibility index (Phi) is 14.5. The number of pyridine rings is 1. The van der Waals surface area contributed by atoms with E-state index in [-0.39, 0.29) is 39.1 Å². The molecule has 6 aromatic carbocycles. The number of rotatable bonds is 6. The van der Waals surface area contributed by atoms with Crippen LogP contribution in [-0.2, 0) is 11.2 Å². The fourth-order valence-electron chi connectivity index (χ4n) is 6.89. The molecule has 1 aliphatic heterocycles. The fourth-order valence-corrected chi connectivity index (χ4v) is 8.02. The summed E-state index contributed by atoms with van der Waals surface area (Å²) in [5, 5.41) is 1.74. The van der Waals surface area contributed by atoms with Crippen molar-refractivity contribution in [1.82, 2.24) is 4.57 Å². The first-order chi connectivity index (χ1) is 29.2. The van der Waals surface area contributed by atoms with E-state index in [4.69, 9.17) is 55.9 Å². The molecule has 0 fully saturated rings. The Hall–Kier alpha value is -5.31. The zero-order valence-corrected chi connectivity index (χ0v) is 35.7. The summed E-state index contributed by atoms with van der Waals surface area (Å²) < 4.78 is 70.7. The molecule has 2 heterocycles. The standard InChI is InChI=1S/C22H15Cl2F2NO2.C22H13Cl2F2NO2.BHNS/c2*1-29-13-10-16(14-6-5-12(25)9-19(14)26)15-7-8-21(28)27(20(15)11-13)22-17(23)3-2-4-18(22)24;1-2-3/h2-6,9-11H,7-8H2,1H3;2-11H,1H3;3H. The number of thiol groups is 1. The van der Waals surface area contributed by atoms with Gasteiger partial charge in [0.15, 0.2) is 0 Å². The Labute approximate surface area is 373 Å². The molecule has 61 heavy (non-hydrogen) atoms. The average Bonchev–Trinajstić information content (AvgIpc) is 3.22. The van der Waals surface area contributed by atoms with Gasteiger partial charge in [0.25, 0.3) is 5.56 Å². The predicted molar refractivity (Wildman–Crippen MR) is 239 cm³/mol. The van der Waals surface area contributed by atoms with E-state index in [1.54, 1.807) is 66.7 Å². The van der Waals surface area contributed by atoms with E-state index in [1.165, 1.54) is 54.0 Å². The van der Waals surface area contributed by atoms with E-state index in [2.05, 4.69) is 24.8 Å². The molecule has 1 aliphatic rings. The summed E-state index contributed by atoms with van der Waals surface area (Å²) in [6.07, 6.45) is 0.583. The number of anilines is 2. The summed E-state index contributed by atoms with van der Waals surface area (Å²) in [6, 6.07) is 26.2. The third-order valence-corrected chi connectivity index (χ3v) is 10.7. The van der Waals surface area contributed by atoms with Crippen LogP contribution in [0.3, 0.4) is 0 Å². The molecule has 0 saturated heterocycles. The molecular formula is C44H29BCl4F4N3O4S. The van der Waals surface area contributed by atoms with Crippen LogP contribution in [0.4, 0.5) is 28.9 Å². The second kappa shape index (κ2) is 19.6. The maximum atomic E-state index is 14.6. The number of carbonyl (C=O) groups is 1. The van der Waals surface area contributed by atoms with Gasteiger partial charge in [0.2, 0.25) is 5.91 Å². The molecule has 309 valence electrons. The first-order valence-corrected chi connectivity index (χ1v) is 19.7. The van der Waals surface area contributed by atoms with Gasteiger partial charge >= 0.3 is 24.8 Å². The Morgan fingerprint density at radius 1 is 0.623 bits per heavy atom. The summed E-state index contributed by atoms with van der Waals surface area (Å²) in [7, 11) is 7.27. The molecule has 7 nitrogen and oxygen atoms in total. The summed E-state index contributed by atoms with van der Waals surface area (Å²) >= 11 is 28.6. The third-order valence-electron chi connectivity index (χ3n) is 9.50. The molecular weight excluding hydrogens is 895 g/mol. The zero-order chi connectivity index (χ0) is 44.1. The molecule has 0 spiro atoms. The number of ether oxygens (including phenoxy) is 2. The molecule has 7 aromatic rings. The summed E-state index contributed by atoms with van der Waals surface area (Å²) in [4.78, 5) is 27.1. The second-order valence-corrected chi connectivity index (χ2v) is 14.9. The second-order valence-electron chi connectivity index (χ2n) is 13.0. The van der Waals surface area contributed by atoms with Crippen LogP contribution >= 0.6 is 59.2 Å². The number of aromatic nitrogens is 1. The molecule has 0 saturated carbocycles. The first-order valence-electron chi connectivity index (χ1n) is 17.8. The van der Waals surface area contributed by atoms with E-state index in [1.807, 2.05) is 0 Å². The average molecular weight is 924 g/mol. The van der Waals surface area contributed by atoms with Crippen LogP contribution in [0, 0.1) is 23.3 Å². The van der Waals surface area contributed by atoms with Gasteiger partial charge in [-0.1, -0.05) is 58.5 Å². The van der Waals surface area contributed by atoms with Gasteiger partial charge in [-0.25, -0.2) is 17.6 Å². The molecule has 8 rings (SSSR count). The molecule has 0 unspecified atom stereocenters. The van der Waals surface area contributed by atoms with Crippen LogP contribution in [0.2, 0.25) is 20.1 Å². The quantitative estimate of drug-likeness (QED) is 0.102. The monoisotopic (exact) mass is 922 g/mol. The van der Waals surface area contributed by atoms with Gasteiger partial charge in [-0.05, 0) is 89.8 Å². The van der Waals surface area contributed by atoms with Crippen molar-refractivity contribution in [3.63, 3.8) is 0 Å². The van der Waals surface area contributed by atoms with Crippen LogP contribution in [0.5, 0.6) is 11.5 Å². The van der Waals surface area contributed by atoms with Gasteiger partial charge in [0.05, 0.1) is 56.9 Å². The minimum absolute atomic E-state index is 0.172. The number of amides is 1. The zero-order valence-electron chi connectivity index (χ0n) is 31.8. The fraction of sp³-hybridized carbons (Fsp3) is 0.0909. The van der Waals surface area contributed by atoms with Crippen LogP contribution in [0.1, 0.15) is 12.0 Å². The minimum atomic E-state index is -0.729. The summed E-state index contributed by atoms with van der Waals surface area (Å²) in [5.41, 5.74) is 3.32. The van der Waals surface area contributed by atoms with Gasteiger partial charge in [0.1, 0.15) is 34.8 Å². The van der Waals surface area contributed by atoms with E-state index in [0.29, 0.717) is 67.1 Å². The van der Waals surface area contributed by atoms with Crippen LogP contribution < -0.4 is 19.9 Å². The van der Waals surface area contributed by atoms with Crippen LogP contribution in [-0.4, -0.2) is 32.3 Å². The van der Waals surface area contributed by atoms with Crippen molar-refractivity contribution in [1.29, 1.82) is 0 Å². The normalized spacial score (nSPS) is 11.8. The van der Waals surface area contributed by atoms with E-state index >= 15 is 0 Å². The van der Waals surface area contributed by atoms with Crippen molar-refractivity contribution >= 4 is 95.0 Å². The molecule has 0 bridgehead atoms. The van der Waals surface area contributed by atoms with Crippen molar-refractivity contribution in [2.24, 2.45) is 4.30 Å². The Balaban J connectivity index is 0.000000192. The van der Waals surface area contributed by atoms with Crippen molar-refractivity contribution in [2.45, 2.75) is 12.8 Å². The Morgan fingerprint density at radius 3 is 1.64 bits per heavy atom. The van der Waals surface area contributed by atoms with Crippen molar-refractivity contribution in [3.8, 4) is 39.4 Å². The number of methoxy groups -OCH3 is 2. The molecule has 0 N–H and O–H groups in total. The summed E-state index contributed by atoms with van der Waals surface area (Å²) in [6.45, 7) is 0. The van der Waals surface area contributed by atoms with Crippen LogP contribution in [0.25, 0.3) is 38.8 Å². The Bertz CT molecular complexity index is 2860. The number of halogens is 8. The van der Waals surface area contributed by atoms with E-state index < -0.39 is 23.3 Å². The number of benzene rings is 6. The van der Waals surface area contributed by atoms with E-state index in [0.717, 1.165) is 17.7 Å². The molecule has 17 heteroatoms. The van der Waals surface area contributed by atoms with Crippen molar-refractivity contribution < 1.29 is 31.8 Å². The van der Waals surface area contributed by atoms with Gasteiger partial charge < -0.3 is 9.47 Å². The van der Waals surface area contributed by atoms with Gasteiger partial charge in [0, 0.05) is 53.3 Å². The number of carbonyl (C=O) groups excluding carboxylic acids is 1. The van der Waals surface area contributed by atoms with Crippen molar-refractivity contribution in [3.05, 3.63) is 168 Å². The molecule has 0 atom stereocenters. The number of hydrogen-bond acceptors (Lipinski definition) is 6. The molecule has 1 radical (unpaired) electrons. The number of hydrogen-bond donors (Lipinski definition) is 1. The van der Waals surface area contributed by atoms with Crippen LogP contribution in [0.15, 0.2) is 118 Å². The SMILES string of the molecule is COc1cc(-c2ccc(F)cc2F)c2c(c1)N(c1c(Cl)cccc1Cl)C(=O)CC2.COc1cc(-c2ccc(F)cc2F)c2ccc(=O)n(-c3c(Cl)cccc3Cl)c2c1.[B]=NS. The van der Waals surface area contributed by atoms with Gasteiger partial charge in [-0.15, -0.1) is 0 Å². The summed E-state index contributed by atoms with van der Waals surface area (Å²) in [5.74, 6) is -2.15. The number of nitrogens with zero attached hydrogens (tertiary/aromatic N) is 3. The van der Waals surface area contributed by atoms with Crippen molar-refractivity contribution in [2.75, 3.05) is 19.1 Å². The number of para-hydroxylation sites is 2. The Morgan fingerprint density at radius 2 is 1.11 bits per heavy atom. The van der Waals surface area contributed by atoms with Gasteiger partial charge in [-0.2, -0.15) is 0 Å². The molecule has 1 amide bonds. The molecule has 0 aliphatic carbocycles. The third kappa shape index (κ3) is 9.46. The molecule has 1 aromatic heterocycles. The topological polar surface area (TPSA) is 73.1 Å². The maximum absolute atomic E-state index is 14.6. The number of fused-ring (bicyclic) bond motifs is 2. The van der Waals surface area contributed by atoms with Gasteiger partial charge in [-0.3, -0.25) is 19.1 Å².